The molecule has 1 heterocycles. The van der Waals surface area contributed by atoms with E-state index in [4.69, 9.17) is 16.3 Å². The lowest BCUT2D eigenvalue weighted by Gasteiger charge is -2.35. The van der Waals surface area contributed by atoms with Crippen LogP contribution in [0.15, 0.2) is 12.1 Å². The van der Waals surface area contributed by atoms with Crippen molar-refractivity contribution in [3.05, 3.63) is 22.7 Å². The maximum absolute atomic E-state index is 6.30. The van der Waals surface area contributed by atoms with Crippen LogP contribution < -0.4 is 9.64 Å². The van der Waals surface area contributed by atoms with Gasteiger partial charge in [-0.1, -0.05) is 18.5 Å². The number of hydrogen-bond donors (Lipinski definition) is 0. The second kappa shape index (κ2) is 5.81. The fraction of sp³-hybridized carbons (Fsp3) is 0.571. The number of likely N-dealkylation sites (N-methyl/N-ethyl adjacent to an activating group) is 1. The van der Waals surface area contributed by atoms with E-state index in [9.17, 15) is 0 Å². The average Bonchev–Trinajstić information content (AvgIpc) is 2.38. The molecular weight excluding hydrogens is 248 g/mol. The van der Waals surface area contributed by atoms with E-state index in [0.29, 0.717) is 5.02 Å². The average molecular weight is 269 g/mol. The van der Waals surface area contributed by atoms with Gasteiger partial charge in [-0.15, -0.1) is 0 Å². The van der Waals surface area contributed by atoms with Crippen LogP contribution in [0.4, 0.5) is 5.69 Å². The van der Waals surface area contributed by atoms with Gasteiger partial charge in [0.15, 0.2) is 5.75 Å². The van der Waals surface area contributed by atoms with Gasteiger partial charge in [0.1, 0.15) is 0 Å². The van der Waals surface area contributed by atoms with Crippen molar-refractivity contribution in [1.29, 1.82) is 0 Å². The summed E-state index contributed by atoms with van der Waals surface area (Å²) in [6.07, 6.45) is 0.991. The zero-order valence-corrected chi connectivity index (χ0v) is 12.1. The van der Waals surface area contributed by atoms with Gasteiger partial charge in [0.2, 0.25) is 0 Å². The summed E-state index contributed by atoms with van der Waals surface area (Å²) < 4.78 is 5.47. The Hall–Kier alpha value is -0.930. The van der Waals surface area contributed by atoms with Gasteiger partial charge in [0.05, 0.1) is 17.8 Å². The summed E-state index contributed by atoms with van der Waals surface area (Å²) in [5.41, 5.74) is 2.39. The van der Waals surface area contributed by atoms with Crippen LogP contribution in [0.5, 0.6) is 5.75 Å². The van der Waals surface area contributed by atoms with Crippen molar-refractivity contribution in [1.82, 2.24) is 4.90 Å². The highest BCUT2D eigenvalue weighted by Crippen LogP contribution is 2.37. The molecule has 0 atom stereocenters. The third kappa shape index (κ3) is 2.73. The molecule has 0 radical (unpaired) electrons. The second-order valence-electron chi connectivity index (χ2n) is 4.77. The van der Waals surface area contributed by atoms with Crippen molar-refractivity contribution >= 4 is 17.3 Å². The van der Waals surface area contributed by atoms with Gasteiger partial charge in [-0.3, -0.25) is 0 Å². The minimum Gasteiger partial charge on any atom is -0.493 e. The Kier molecular flexibility index (Phi) is 4.36. The number of anilines is 1. The van der Waals surface area contributed by atoms with Crippen LogP contribution in [0, 0.1) is 0 Å². The van der Waals surface area contributed by atoms with Crippen LogP contribution in [-0.2, 0) is 6.42 Å². The lowest BCUT2D eigenvalue weighted by Crippen LogP contribution is -2.44. The summed E-state index contributed by atoms with van der Waals surface area (Å²) in [6, 6.07) is 4.20. The molecule has 0 spiro atoms. The normalized spacial score (nSPS) is 17.0. The summed E-state index contributed by atoms with van der Waals surface area (Å²) in [5.74, 6) is 0.804. The molecule has 1 aromatic rings. The number of benzene rings is 1. The van der Waals surface area contributed by atoms with Crippen molar-refractivity contribution < 1.29 is 4.74 Å². The molecule has 2 rings (SSSR count). The lowest BCUT2D eigenvalue weighted by molar-refractivity contribution is 0.311. The van der Waals surface area contributed by atoms with Gasteiger partial charge >= 0.3 is 0 Å². The molecule has 1 aliphatic heterocycles. The van der Waals surface area contributed by atoms with Crippen molar-refractivity contribution in [2.75, 3.05) is 45.2 Å². The molecule has 1 aromatic carbocycles. The predicted octanol–water partition coefficient (Wildman–Crippen LogP) is 2.66. The molecule has 0 unspecified atom stereocenters. The van der Waals surface area contributed by atoms with Gasteiger partial charge in [-0.2, -0.15) is 0 Å². The highest BCUT2D eigenvalue weighted by atomic mass is 35.5. The number of nitrogens with zero attached hydrogens (tertiary/aromatic N) is 2. The summed E-state index contributed by atoms with van der Waals surface area (Å²) >= 11 is 6.30. The monoisotopic (exact) mass is 268 g/mol. The molecule has 0 aromatic heterocycles. The van der Waals surface area contributed by atoms with E-state index < -0.39 is 0 Å². The van der Waals surface area contributed by atoms with Crippen LogP contribution >= 0.6 is 11.6 Å². The summed E-state index contributed by atoms with van der Waals surface area (Å²) in [4.78, 5) is 4.71. The third-order valence-electron chi connectivity index (χ3n) is 3.54. The van der Waals surface area contributed by atoms with E-state index in [0.717, 1.165) is 44.0 Å². The van der Waals surface area contributed by atoms with E-state index in [2.05, 4.69) is 29.8 Å². The molecule has 1 saturated heterocycles. The number of aryl methyl sites for hydroxylation is 1. The van der Waals surface area contributed by atoms with Crippen molar-refractivity contribution in [2.45, 2.75) is 13.3 Å². The molecule has 100 valence electrons. The highest BCUT2D eigenvalue weighted by Gasteiger charge is 2.19. The van der Waals surface area contributed by atoms with Crippen LogP contribution in [-0.4, -0.2) is 45.2 Å². The summed E-state index contributed by atoms with van der Waals surface area (Å²) in [7, 11) is 3.84. The zero-order chi connectivity index (χ0) is 13.1. The fourth-order valence-corrected chi connectivity index (χ4v) is 2.64. The van der Waals surface area contributed by atoms with E-state index in [1.165, 1.54) is 5.56 Å². The minimum absolute atomic E-state index is 0.714. The molecule has 3 nitrogen and oxygen atoms in total. The number of halogens is 1. The van der Waals surface area contributed by atoms with Crippen LogP contribution in [0.3, 0.4) is 0 Å². The molecule has 0 saturated carbocycles. The second-order valence-corrected chi connectivity index (χ2v) is 5.18. The van der Waals surface area contributed by atoms with Crippen LogP contribution in [0.2, 0.25) is 5.02 Å². The molecule has 0 aliphatic carbocycles. The zero-order valence-electron chi connectivity index (χ0n) is 11.4. The Balaban J connectivity index is 2.32. The number of rotatable bonds is 3. The Morgan fingerprint density at radius 3 is 2.44 bits per heavy atom. The Morgan fingerprint density at radius 2 is 1.89 bits per heavy atom. The Labute approximate surface area is 114 Å². The maximum Gasteiger partial charge on any atom is 0.160 e. The quantitative estimate of drug-likeness (QED) is 0.838. The lowest BCUT2D eigenvalue weighted by atomic mass is 10.1. The first kappa shape index (κ1) is 13.5. The summed E-state index contributed by atoms with van der Waals surface area (Å²) in [6.45, 7) is 6.35. The number of piperazine rings is 1. The maximum atomic E-state index is 6.30. The van der Waals surface area contributed by atoms with Crippen molar-refractivity contribution in [2.24, 2.45) is 0 Å². The predicted molar refractivity (Wildman–Crippen MR) is 77.1 cm³/mol. The first-order valence-corrected chi connectivity index (χ1v) is 6.83. The van der Waals surface area contributed by atoms with E-state index in [-0.39, 0.29) is 0 Å². The van der Waals surface area contributed by atoms with Crippen molar-refractivity contribution in [3.8, 4) is 5.75 Å². The minimum atomic E-state index is 0.714. The SMILES string of the molecule is CCc1cc(Cl)c(OC)c(N2CCN(C)CC2)c1. The van der Waals surface area contributed by atoms with Crippen LogP contribution in [0.1, 0.15) is 12.5 Å². The van der Waals surface area contributed by atoms with E-state index in [1.807, 2.05) is 6.07 Å². The molecular formula is C14H21ClN2O. The van der Waals surface area contributed by atoms with Gasteiger partial charge in [-0.05, 0) is 31.2 Å². The van der Waals surface area contributed by atoms with Gasteiger partial charge < -0.3 is 14.5 Å². The number of ether oxygens (including phenoxy) is 1. The van der Waals surface area contributed by atoms with E-state index in [1.54, 1.807) is 7.11 Å². The third-order valence-corrected chi connectivity index (χ3v) is 3.82. The number of hydrogen-bond acceptors (Lipinski definition) is 3. The molecule has 0 amide bonds. The molecule has 4 heteroatoms. The first-order chi connectivity index (χ1) is 8.65. The topological polar surface area (TPSA) is 15.7 Å². The Morgan fingerprint density at radius 1 is 1.22 bits per heavy atom. The largest absolute Gasteiger partial charge is 0.493 e. The van der Waals surface area contributed by atoms with Crippen molar-refractivity contribution in [3.63, 3.8) is 0 Å². The highest BCUT2D eigenvalue weighted by molar-refractivity contribution is 6.32. The number of methoxy groups -OCH3 is 1. The molecule has 0 bridgehead atoms. The van der Waals surface area contributed by atoms with Gasteiger partial charge in [-0.25, -0.2) is 0 Å². The van der Waals surface area contributed by atoms with Crippen LogP contribution in [0.25, 0.3) is 0 Å². The molecule has 18 heavy (non-hydrogen) atoms. The smallest absolute Gasteiger partial charge is 0.160 e. The van der Waals surface area contributed by atoms with E-state index >= 15 is 0 Å². The molecule has 1 aliphatic rings. The summed E-state index contributed by atoms with van der Waals surface area (Å²) in [5, 5.41) is 0.714. The van der Waals surface area contributed by atoms with Gasteiger partial charge in [0, 0.05) is 26.2 Å². The molecule has 0 N–H and O–H groups in total. The standard InChI is InChI=1S/C14H21ClN2O/c1-4-11-9-12(15)14(18-3)13(10-11)17-7-5-16(2)6-8-17/h9-10H,4-8H2,1-3H3. The van der Waals surface area contributed by atoms with Gasteiger partial charge in [0.25, 0.3) is 0 Å². The first-order valence-electron chi connectivity index (χ1n) is 6.45. The fourth-order valence-electron chi connectivity index (χ4n) is 2.32. The Bertz CT molecular complexity index is 415. The molecule has 1 fully saturated rings.